The average Bonchev–Trinajstić information content (AvgIpc) is 2.66. The van der Waals surface area contributed by atoms with Crippen molar-refractivity contribution in [2.45, 2.75) is 18.9 Å². The average molecular weight is 229 g/mol. The van der Waals surface area contributed by atoms with E-state index in [0.717, 1.165) is 5.57 Å². The molecule has 84 valence electrons. The molecule has 0 radical (unpaired) electrons. The lowest BCUT2D eigenvalue weighted by Gasteiger charge is -2.19. The zero-order valence-corrected chi connectivity index (χ0v) is 9.71. The number of hydrogen-bond acceptors (Lipinski definition) is 3. The van der Waals surface area contributed by atoms with Gasteiger partial charge in [0.1, 0.15) is 0 Å². The molecule has 1 aromatic heterocycles. The van der Waals surface area contributed by atoms with Gasteiger partial charge in [0.05, 0.1) is 6.20 Å². The molecule has 0 aliphatic rings. The van der Waals surface area contributed by atoms with E-state index in [1.165, 1.54) is 16.6 Å². The molecular formula is C9H15N3O2S. The molecule has 0 aliphatic heterocycles. The minimum Gasteiger partial charge on any atom is -0.266 e. The van der Waals surface area contributed by atoms with Gasteiger partial charge in [0.2, 0.25) is 0 Å². The van der Waals surface area contributed by atoms with E-state index in [2.05, 4.69) is 16.8 Å². The Morgan fingerprint density at radius 2 is 2.33 bits per heavy atom. The van der Waals surface area contributed by atoms with Gasteiger partial charge in [-0.1, -0.05) is 19.1 Å². The number of H-pyrrole nitrogens is 1. The Hall–Kier alpha value is -1.14. The predicted octanol–water partition coefficient (Wildman–Crippen LogP) is 0.996. The van der Waals surface area contributed by atoms with E-state index < -0.39 is 10.0 Å². The fourth-order valence-corrected chi connectivity index (χ4v) is 2.60. The molecule has 0 amide bonds. The van der Waals surface area contributed by atoms with Crippen molar-refractivity contribution in [1.29, 1.82) is 0 Å². The minimum absolute atomic E-state index is 0.116. The van der Waals surface area contributed by atoms with Gasteiger partial charge in [0.25, 0.3) is 10.0 Å². The third kappa shape index (κ3) is 2.66. The SMILES string of the molecule is C=C(C)CN(CC)S(=O)(=O)c1ccn[nH]1. The fraction of sp³-hybridized carbons (Fsp3) is 0.444. The summed E-state index contributed by atoms with van der Waals surface area (Å²) in [4.78, 5) is 0. The normalized spacial score (nSPS) is 11.9. The molecule has 0 bridgehead atoms. The summed E-state index contributed by atoms with van der Waals surface area (Å²) < 4.78 is 25.3. The van der Waals surface area contributed by atoms with Crippen LogP contribution >= 0.6 is 0 Å². The summed E-state index contributed by atoms with van der Waals surface area (Å²) in [5.41, 5.74) is 0.806. The summed E-state index contributed by atoms with van der Waals surface area (Å²) in [6.45, 7) is 8.03. The second-order valence-electron chi connectivity index (χ2n) is 3.31. The van der Waals surface area contributed by atoms with Gasteiger partial charge in [-0.3, -0.25) is 5.10 Å². The third-order valence-corrected chi connectivity index (χ3v) is 3.74. The van der Waals surface area contributed by atoms with Gasteiger partial charge in [-0.05, 0) is 13.0 Å². The fourth-order valence-electron chi connectivity index (χ4n) is 1.19. The second kappa shape index (κ2) is 4.59. The summed E-state index contributed by atoms with van der Waals surface area (Å²) in [6.07, 6.45) is 1.42. The largest absolute Gasteiger partial charge is 0.266 e. The molecule has 0 unspecified atom stereocenters. The van der Waals surface area contributed by atoms with Gasteiger partial charge in [-0.2, -0.15) is 9.40 Å². The lowest BCUT2D eigenvalue weighted by molar-refractivity contribution is 0.450. The number of likely N-dealkylation sites (N-methyl/N-ethyl adjacent to an activating group) is 1. The van der Waals surface area contributed by atoms with Crippen molar-refractivity contribution >= 4 is 10.0 Å². The molecule has 0 saturated carbocycles. The van der Waals surface area contributed by atoms with Gasteiger partial charge in [0.15, 0.2) is 5.03 Å². The molecule has 0 fully saturated rings. The van der Waals surface area contributed by atoms with Crippen molar-refractivity contribution in [2.24, 2.45) is 0 Å². The number of sulfonamides is 1. The summed E-state index contributed by atoms with van der Waals surface area (Å²) >= 11 is 0. The quantitative estimate of drug-likeness (QED) is 0.766. The summed E-state index contributed by atoms with van der Waals surface area (Å²) in [5.74, 6) is 0. The van der Waals surface area contributed by atoms with E-state index in [1.54, 1.807) is 13.8 Å². The van der Waals surface area contributed by atoms with Crippen LogP contribution in [0.15, 0.2) is 29.4 Å². The van der Waals surface area contributed by atoms with Crippen molar-refractivity contribution in [3.63, 3.8) is 0 Å². The van der Waals surface area contributed by atoms with Gasteiger partial charge in [0, 0.05) is 13.1 Å². The maximum Gasteiger partial charge on any atom is 0.260 e. The molecule has 5 nitrogen and oxygen atoms in total. The highest BCUT2D eigenvalue weighted by molar-refractivity contribution is 7.89. The molecule has 0 spiro atoms. The standard InChI is InChI=1S/C9H15N3O2S/c1-4-12(7-8(2)3)15(13,14)9-5-6-10-11-9/h5-6H,2,4,7H2,1,3H3,(H,10,11). The summed E-state index contributed by atoms with van der Waals surface area (Å²) in [6, 6.07) is 1.44. The van der Waals surface area contributed by atoms with Crippen LogP contribution in [0.1, 0.15) is 13.8 Å². The first-order chi connectivity index (χ1) is 6.98. The van der Waals surface area contributed by atoms with Crippen LogP contribution in [0.4, 0.5) is 0 Å². The van der Waals surface area contributed by atoms with Crippen LogP contribution in [0.2, 0.25) is 0 Å². The van der Waals surface area contributed by atoms with Crippen LogP contribution in [-0.2, 0) is 10.0 Å². The van der Waals surface area contributed by atoms with E-state index in [4.69, 9.17) is 0 Å². The van der Waals surface area contributed by atoms with Crippen molar-refractivity contribution < 1.29 is 8.42 Å². The number of aromatic amines is 1. The Morgan fingerprint density at radius 3 is 2.73 bits per heavy atom. The van der Waals surface area contributed by atoms with E-state index in [1.807, 2.05) is 0 Å². The highest BCUT2D eigenvalue weighted by Gasteiger charge is 2.23. The van der Waals surface area contributed by atoms with Crippen LogP contribution < -0.4 is 0 Å². The molecule has 0 aliphatic carbocycles. The number of rotatable bonds is 5. The first-order valence-electron chi connectivity index (χ1n) is 4.62. The monoisotopic (exact) mass is 229 g/mol. The first kappa shape index (κ1) is 11.9. The van der Waals surface area contributed by atoms with Crippen LogP contribution in [0.5, 0.6) is 0 Å². The first-order valence-corrected chi connectivity index (χ1v) is 6.06. The summed E-state index contributed by atoms with van der Waals surface area (Å²) in [5, 5.41) is 6.20. The van der Waals surface area contributed by atoms with E-state index in [9.17, 15) is 8.42 Å². The van der Waals surface area contributed by atoms with Gasteiger partial charge >= 0.3 is 0 Å². The van der Waals surface area contributed by atoms with Crippen molar-refractivity contribution in [3.05, 3.63) is 24.4 Å². The maximum absolute atomic E-state index is 12.0. The minimum atomic E-state index is -3.45. The lowest BCUT2D eigenvalue weighted by Crippen LogP contribution is -2.32. The Labute approximate surface area is 89.8 Å². The van der Waals surface area contributed by atoms with Crippen LogP contribution in [0.25, 0.3) is 0 Å². The molecule has 1 aromatic rings. The third-order valence-electron chi connectivity index (χ3n) is 1.89. The van der Waals surface area contributed by atoms with Crippen LogP contribution in [-0.4, -0.2) is 36.0 Å². The van der Waals surface area contributed by atoms with Crippen molar-refractivity contribution in [2.75, 3.05) is 13.1 Å². The van der Waals surface area contributed by atoms with Gasteiger partial charge < -0.3 is 0 Å². The lowest BCUT2D eigenvalue weighted by atomic mass is 10.3. The van der Waals surface area contributed by atoms with Gasteiger partial charge in [-0.15, -0.1) is 0 Å². The van der Waals surface area contributed by atoms with Crippen molar-refractivity contribution in [1.82, 2.24) is 14.5 Å². The molecule has 1 rings (SSSR count). The Bertz CT molecular complexity index is 422. The predicted molar refractivity (Wildman–Crippen MR) is 57.8 cm³/mol. The topological polar surface area (TPSA) is 66.1 Å². The Morgan fingerprint density at radius 1 is 1.67 bits per heavy atom. The van der Waals surface area contributed by atoms with E-state index in [-0.39, 0.29) is 5.03 Å². The zero-order chi connectivity index (χ0) is 11.5. The smallest absolute Gasteiger partial charge is 0.260 e. The number of aromatic nitrogens is 2. The summed E-state index contributed by atoms with van der Waals surface area (Å²) in [7, 11) is -3.45. The molecule has 0 aromatic carbocycles. The second-order valence-corrected chi connectivity index (χ2v) is 5.22. The van der Waals surface area contributed by atoms with Crippen LogP contribution in [0.3, 0.4) is 0 Å². The zero-order valence-electron chi connectivity index (χ0n) is 8.90. The van der Waals surface area contributed by atoms with Crippen molar-refractivity contribution in [3.8, 4) is 0 Å². The van der Waals surface area contributed by atoms with Gasteiger partial charge in [-0.25, -0.2) is 8.42 Å². The number of nitrogens with one attached hydrogen (secondary N) is 1. The molecular weight excluding hydrogens is 214 g/mol. The van der Waals surface area contributed by atoms with E-state index >= 15 is 0 Å². The van der Waals surface area contributed by atoms with Crippen LogP contribution in [0, 0.1) is 0 Å². The van der Waals surface area contributed by atoms with E-state index in [0.29, 0.717) is 13.1 Å². The Balaban J connectivity index is 2.98. The highest BCUT2D eigenvalue weighted by atomic mass is 32.2. The number of hydrogen-bond donors (Lipinski definition) is 1. The molecule has 15 heavy (non-hydrogen) atoms. The molecule has 1 heterocycles. The maximum atomic E-state index is 12.0. The molecule has 0 atom stereocenters. The Kier molecular flexibility index (Phi) is 3.65. The molecule has 6 heteroatoms. The number of nitrogens with zero attached hydrogens (tertiary/aromatic N) is 2. The highest BCUT2D eigenvalue weighted by Crippen LogP contribution is 2.12. The molecule has 1 N–H and O–H groups in total. The molecule has 0 saturated heterocycles.